The average molecular weight is 258 g/mol. The zero-order chi connectivity index (χ0) is 13.6. The standard InChI is InChI=1S/C13H10N2O4/c1-15-6-9(8-4-7(16)2-3-11(8)15)10-5-12(13(17)18)19-14-10/h2-6,16H,1H3,(H,17,18). The lowest BCUT2D eigenvalue weighted by atomic mass is 10.1. The molecule has 2 aromatic heterocycles. The van der Waals surface area contributed by atoms with Crippen molar-refractivity contribution in [2.45, 2.75) is 0 Å². The first-order chi connectivity index (χ1) is 9.06. The number of aryl methyl sites for hydroxylation is 1. The van der Waals surface area contributed by atoms with Crippen LogP contribution >= 0.6 is 0 Å². The lowest BCUT2D eigenvalue weighted by Gasteiger charge is -1.96. The van der Waals surface area contributed by atoms with Gasteiger partial charge in [0.25, 0.3) is 0 Å². The number of fused-ring (bicyclic) bond motifs is 1. The summed E-state index contributed by atoms with van der Waals surface area (Å²) in [6.45, 7) is 0. The van der Waals surface area contributed by atoms with Gasteiger partial charge in [0.1, 0.15) is 11.4 Å². The van der Waals surface area contributed by atoms with Gasteiger partial charge in [0.05, 0.1) is 0 Å². The van der Waals surface area contributed by atoms with Crippen LogP contribution in [-0.4, -0.2) is 25.9 Å². The van der Waals surface area contributed by atoms with Crippen molar-refractivity contribution in [1.29, 1.82) is 0 Å². The molecule has 0 bridgehead atoms. The van der Waals surface area contributed by atoms with Crippen LogP contribution in [0.3, 0.4) is 0 Å². The second kappa shape index (κ2) is 3.88. The van der Waals surface area contributed by atoms with Crippen LogP contribution in [-0.2, 0) is 7.05 Å². The van der Waals surface area contributed by atoms with Gasteiger partial charge in [-0.15, -0.1) is 0 Å². The van der Waals surface area contributed by atoms with Crippen molar-refractivity contribution in [2.75, 3.05) is 0 Å². The molecular weight excluding hydrogens is 248 g/mol. The summed E-state index contributed by atoms with van der Waals surface area (Å²) in [5, 5.41) is 22.9. The molecule has 2 heterocycles. The molecule has 2 N–H and O–H groups in total. The molecule has 96 valence electrons. The first-order valence-electron chi connectivity index (χ1n) is 5.54. The van der Waals surface area contributed by atoms with E-state index in [0.29, 0.717) is 11.3 Å². The SMILES string of the molecule is Cn1cc(-c2cc(C(=O)O)on2)c2cc(O)ccc21. The Labute approximate surface area is 107 Å². The van der Waals surface area contributed by atoms with E-state index in [1.807, 2.05) is 17.8 Å². The van der Waals surface area contributed by atoms with E-state index in [9.17, 15) is 9.90 Å². The van der Waals surface area contributed by atoms with Gasteiger partial charge in [-0.25, -0.2) is 4.79 Å². The summed E-state index contributed by atoms with van der Waals surface area (Å²) in [4.78, 5) is 10.8. The topological polar surface area (TPSA) is 88.5 Å². The van der Waals surface area contributed by atoms with Gasteiger partial charge in [0.2, 0.25) is 5.76 Å². The number of benzene rings is 1. The predicted octanol–water partition coefficient (Wildman–Crippen LogP) is 2.24. The molecule has 0 aliphatic rings. The van der Waals surface area contributed by atoms with Crippen LogP contribution in [0.15, 0.2) is 35.0 Å². The number of nitrogens with zero attached hydrogens (tertiary/aromatic N) is 2. The number of aromatic carboxylic acids is 1. The van der Waals surface area contributed by atoms with Gasteiger partial charge in [-0.2, -0.15) is 0 Å². The molecular formula is C13H10N2O4. The molecule has 0 aliphatic carbocycles. The molecule has 6 nitrogen and oxygen atoms in total. The molecule has 3 rings (SSSR count). The maximum atomic E-state index is 10.8. The second-order valence-corrected chi connectivity index (χ2v) is 4.24. The minimum atomic E-state index is -1.16. The van der Waals surface area contributed by atoms with Gasteiger partial charge in [-0.3, -0.25) is 0 Å². The third-order valence-electron chi connectivity index (χ3n) is 2.97. The fraction of sp³-hybridized carbons (Fsp3) is 0.0769. The lowest BCUT2D eigenvalue weighted by molar-refractivity contribution is 0.0652. The molecule has 0 unspecified atom stereocenters. The second-order valence-electron chi connectivity index (χ2n) is 4.24. The van der Waals surface area contributed by atoms with Crippen LogP contribution in [0.4, 0.5) is 0 Å². The Hall–Kier alpha value is -2.76. The van der Waals surface area contributed by atoms with Crippen molar-refractivity contribution in [3.05, 3.63) is 36.2 Å². The number of rotatable bonds is 2. The Bertz CT molecular complexity index is 785. The normalized spacial score (nSPS) is 11.0. The van der Waals surface area contributed by atoms with Crippen molar-refractivity contribution >= 4 is 16.9 Å². The number of carboxylic acid groups (broad SMARTS) is 1. The van der Waals surface area contributed by atoms with Gasteiger partial charge in [-0.05, 0) is 18.2 Å². The van der Waals surface area contributed by atoms with E-state index in [1.165, 1.54) is 6.07 Å². The van der Waals surface area contributed by atoms with Crippen LogP contribution in [0.1, 0.15) is 10.6 Å². The maximum absolute atomic E-state index is 10.8. The number of carboxylic acids is 1. The van der Waals surface area contributed by atoms with E-state index in [1.54, 1.807) is 18.2 Å². The van der Waals surface area contributed by atoms with Gasteiger partial charge < -0.3 is 19.3 Å². The molecule has 6 heteroatoms. The smallest absolute Gasteiger partial charge is 0.374 e. The van der Waals surface area contributed by atoms with Crippen LogP contribution < -0.4 is 0 Å². The average Bonchev–Trinajstić information content (AvgIpc) is 2.94. The van der Waals surface area contributed by atoms with Crippen molar-refractivity contribution in [3.63, 3.8) is 0 Å². The number of phenolic OH excluding ortho intramolecular Hbond substituents is 1. The molecule has 3 aromatic rings. The molecule has 0 amide bonds. The highest BCUT2D eigenvalue weighted by Crippen LogP contribution is 2.32. The first kappa shape index (κ1) is 11.3. The number of hydrogen-bond acceptors (Lipinski definition) is 4. The van der Waals surface area contributed by atoms with Crippen molar-refractivity contribution in [1.82, 2.24) is 9.72 Å². The third-order valence-corrected chi connectivity index (χ3v) is 2.97. The molecule has 1 aromatic carbocycles. The zero-order valence-electron chi connectivity index (χ0n) is 9.99. The van der Waals surface area contributed by atoms with Gasteiger partial charge in [-0.1, -0.05) is 5.16 Å². The monoisotopic (exact) mass is 258 g/mol. The fourth-order valence-corrected chi connectivity index (χ4v) is 2.09. The van der Waals surface area contributed by atoms with E-state index < -0.39 is 5.97 Å². The molecule has 0 radical (unpaired) electrons. The summed E-state index contributed by atoms with van der Waals surface area (Å²) >= 11 is 0. The van der Waals surface area contributed by atoms with Crippen LogP contribution in [0.5, 0.6) is 5.75 Å². The Balaban J connectivity index is 2.23. The summed E-state index contributed by atoms with van der Waals surface area (Å²) in [6.07, 6.45) is 1.81. The summed E-state index contributed by atoms with van der Waals surface area (Å²) in [6, 6.07) is 6.35. The highest BCUT2D eigenvalue weighted by atomic mass is 16.5. The summed E-state index contributed by atoms with van der Waals surface area (Å²) < 4.78 is 6.62. The Morgan fingerprint density at radius 1 is 1.37 bits per heavy atom. The maximum Gasteiger partial charge on any atom is 0.374 e. The number of aromatic hydroxyl groups is 1. The summed E-state index contributed by atoms with van der Waals surface area (Å²) in [5.41, 5.74) is 2.05. The number of carbonyl (C=O) groups is 1. The molecule has 0 fully saturated rings. The Morgan fingerprint density at radius 3 is 2.84 bits per heavy atom. The minimum absolute atomic E-state index is 0.141. The van der Waals surface area contributed by atoms with Crippen molar-refractivity contribution in [2.24, 2.45) is 7.05 Å². The summed E-state index contributed by atoms with van der Waals surface area (Å²) in [5.74, 6) is -1.24. The van der Waals surface area contributed by atoms with Crippen molar-refractivity contribution < 1.29 is 19.5 Å². The number of aromatic nitrogens is 2. The molecule has 0 aliphatic heterocycles. The van der Waals surface area contributed by atoms with E-state index in [0.717, 1.165) is 10.9 Å². The third kappa shape index (κ3) is 1.74. The Morgan fingerprint density at radius 2 is 2.16 bits per heavy atom. The Kier molecular flexibility index (Phi) is 2.31. The largest absolute Gasteiger partial charge is 0.508 e. The predicted molar refractivity (Wildman–Crippen MR) is 67.0 cm³/mol. The highest BCUT2D eigenvalue weighted by molar-refractivity contribution is 5.97. The lowest BCUT2D eigenvalue weighted by Crippen LogP contribution is -1.91. The van der Waals surface area contributed by atoms with Crippen LogP contribution in [0, 0.1) is 0 Å². The van der Waals surface area contributed by atoms with Crippen LogP contribution in [0.2, 0.25) is 0 Å². The van der Waals surface area contributed by atoms with E-state index in [4.69, 9.17) is 9.63 Å². The van der Waals surface area contributed by atoms with Gasteiger partial charge in [0, 0.05) is 35.8 Å². The fourth-order valence-electron chi connectivity index (χ4n) is 2.09. The molecule has 19 heavy (non-hydrogen) atoms. The number of phenols is 1. The minimum Gasteiger partial charge on any atom is -0.508 e. The van der Waals surface area contributed by atoms with E-state index >= 15 is 0 Å². The molecule has 0 saturated heterocycles. The van der Waals surface area contributed by atoms with Crippen molar-refractivity contribution in [3.8, 4) is 17.0 Å². The first-order valence-corrected chi connectivity index (χ1v) is 5.54. The van der Waals surface area contributed by atoms with Gasteiger partial charge in [0.15, 0.2) is 0 Å². The van der Waals surface area contributed by atoms with E-state index in [-0.39, 0.29) is 11.5 Å². The number of hydrogen-bond donors (Lipinski definition) is 2. The quantitative estimate of drug-likeness (QED) is 0.735. The zero-order valence-corrected chi connectivity index (χ0v) is 9.99. The van der Waals surface area contributed by atoms with Gasteiger partial charge >= 0.3 is 5.97 Å². The van der Waals surface area contributed by atoms with E-state index in [2.05, 4.69) is 5.16 Å². The molecule has 0 spiro atoms. The molecule has 0 atom stereocenters. The summed E-state index contributed by atoms with van der Waals surface area (Å²) in [7, 11) is 1.86. The van der Waals surface area contributed by atoms with Crippen LogP contribution in [0.25, 0.3) is 22.2 Å². The highest BCUT2D eigenvalue weighted by Gasteiger charge is 2.16. The molecule has 0 saturated carbocycles.